The molecule has 30 heteroatoms. The summed E-state index contributed by atoms with van der Waals surface area (Å²) in [6.45, 7) is 9.89. The van der Waals surface area contributed by atoms with Crippen molar-refractivity contribution < 1.29 is 91.2 Å². The minimum atomic E-state index is -1.95. The zero-order valence-electron chi connectivity index (χ0n) is 53.4. The van der Waals surface area contributed by atoms with Crippen molar-refractivity contribution in [3.8, 4) is 5.75 Å². The summed E-state index contributed by atoms with van der Waals surface area (Å²) in [6, 6.07) is 2.42. The van der Waals surface area contributed by atoms with Crippen molar-refractivity contribution >= 4 is 94.3 Å². The maximum atomic E-state index is 14.6. The predicted molar refractivity (Wildman–Crippen MR) is 330 cm³/mol. The Balaban J connectivity index is 1.20. The summed E-state index contributed by atoms with van der Waals surface area (Å²) >= 11 is 6.85. The number of imide groups is 1. The van der Waals surface area contributed by atoms with Crippen molar-refractivity contribution in [2.75, 3.05) is 52.1 Å². The first-order valence-electron chi connectivity index (χ1n) is 30.1. The van der Waals surface area contributed by atoms with Crippen LogP contribution >= 0.6 is 11.6 Å². The van der Waals surface area contributed by atoms with Crippen LogP contribution in [0.15, 0.2) is 54.1 Å². The maximum Gasteiger partial charge on any atom is 0.409 e. The number of allylic oxidation sites excluding steroid dienone is 3. The van der Waals surface area contributed by atoms with Crippen LogP contribution in [0.25, 0.3) is 0 Å². The van der Waals surface area contributed by atoms with Crippen LogP contribution < -0.4 is 47.3 Å². The van der Waals surface area contributed by atoms with Gasteiger partial charge >= 0.3 is 24.1 Å². The highest BCUT2D eigenvalue weighted by molar-refractivity contribution is 6.35. The monoisotopic (exact) mass is 1310 g/mol. The Morgan fingerprint density at radius 2 is 1.63 bits per heavy atom. The van der Waals surface area contributed by atoms with E-state index in [1.54, 1.807) is 58.1 Å². The van der Waals surface area contributed by atoms with Crippen molar-refractivity contribution in [1.29, 1.82) is 0 Å². The van der Waals surface area contributed by atoms with Crippen LogP contribution in [0.2, 0.25) is 5.02 Å². The van der Waals surface area contributed by atoms with Crippen molar-refractivity contribution in [1.82, 2.24) is 36.5 Å². The number of anilines is 2. The summed E-state index contributed by atoms with van der Waals surface area (Å²) < 4.78 is 29.6. The van der Waals surface area contributed by atoms with Gasteiger partial charge in [-0.3, -0.25) is 43.7 Å². The molecular weight excluding hydrogens is 1220 g/mol. The molecule has 0 aliphatic carbocycles. The van der Waals surface area contributed by atoms with E-state index in [9.17, 15) is 62.6 Å². The van der Waals surface area contributed by atoms with Crippen LogP contribution in [0.5, 0.6) is 5.75 Å². The zero-order valence-corrected chi connectivity index (χ0v) is 54.1. The number of benzene rings is 2. The fraction of sp³-hybridized carbons (Fsp3) is 0.548. The summed E-state index contributed by atoms with van der Waals surface area (Å²) in [5.74, 6) is -8.30. The van der Waals surface area contributed by atoms with Gasteiger partial charge in [-0.05, 0) is 94.7 Å². The summed E-state index contributed by atoms with van der Waals surface area (Å²) in [7, 11) is 6.92. The molecule has 0 unspecified atom stereocenters. The molecule has 4 heterocycles. The van der Waals surface area contributed by atoms with E-state index in [2.05, 4.69) is 31.9 Å². The number of amides is 11. The van der Waals surface area contributed by atoms with Gasteiger partial charge in [0, 0.05) is 78.4 Å². The molecule has 0 saturated carbocycles. The lowest BCUT2D eigenvalue weighted by atomic mass is 9.83. The maximum absolute atomic E-state index is 14.6. The van der Waals surface area contributed by atoms with Crippen LogP contribution in [-0.4, -0.2) is 182 Å². The number of hydroxylamine groups is 2. The Bertz CT molecular complexity index is 3230. The van der Waals surface area contributed by atoms with E-state index in [1.165, 1.54) is 65.4 Å². The van der Waals surface area contributed by atoms with Crippen molar-refractivity contribution in [2.45, 2.75) is 166 Å². The van der Waals surface area contributed by atoms with Gasteiger partial charge < -0.3 is 75.7 Å². The van der Waals surface area contributed by atoms with E-state index in [-0.39, 0.29) is 97.6 Å². The Labute approximate surface area is 537 Å². The number of rotatable bonds is 23. The molecule has 3 fully saturated rings. The lowest BCUT2D eigenvalue weighted by Crippen LogP contribution is -2.63. The third kappa shape index (κ3) is 18.1. The second-order valence-corrected chi connectivity index (χ2v) is 24.1. The molecule has 11 amide bonds. The number of halogens is 1. The molecule has 2 aromatic carbocycles. The van der Waals surface area contributed by atoms with Crippen LogP contribution in [0, 0.1) is 11.8 Å². The molecular formula is C62H83ClN10O19. The number of alkyl carbamates (subject to hydrolysis) is 1. The number of hydrogen-bond acceptors (Lipinski definition) is 19. The molecule has 0 aromatic heterocycles. The number of aliphatic hydroxyl groups is 1. The topological polar surface area (TPSA) is 392 Å². The van der Waals surface area contributed by atoms with Crippen LogP contribution in [0.3, 0.4) is 0 Å². The number of urea groups is 1. The number of fused-ring (bicyclic) bond motifs is 5. The fourth-order valence-electron chi connectivity index (χ4n) is 10.9. The second-order valence-electron chi connectivity index (χ2n) is 23.7. The molecule has 502 valence electrons. The van der Waals surface area contributed by atoms with Crippen molar-refractivity contribution in [3.63, 3.8) is 0 Å². The van der Waals surface area contributed by atoms with E-state index in [0.29, 0.717) is 17.0 Å². The summed E-state index contributed by atoms with van der Waals surface area (Å²) in [5.41, 5.74) is 3.26. The number of carbonyl (C=O) groups excluding carboxylic acids is 12. The number of nitrogens with one attached hydrogen (secondary N) is 6. The number of nitrogens with two attached hydrogens (primary N) is 1. The van der Waals surface area contributed by atoms with Crippen molar-refractivity contribution in [3.05, 3.63) is 75.8 Å². The highest BCUT2D eigenvalue weighted by Gasteiger charge is 2.64. The predicted octanol–water partition coefficient (Wildman–Crippen LogP) is 3.37. The number of primary amides is 1. The molecule has 2 aromatic rings. The smallest absolute Gasteiger partial charge is 0.409 e. The lowest BCUT2D eigenvalue weighted by molar-refractivity contribution is -0.197. The van der Waals surface area contributed by atoms with Gasteiger partial charge in [-0.25, -0.2) is 19.2 Å². The number of unbranched alkanes of at least 4 members (excludes halogenated alkanes) is 1. The Kier molecular flexibility index (Phi) is 24.8. The summed E-state index contributed by atoms with van der Waals surface area (Å²) in [4.78, 5) is 166. The largest absolute Gasteiger partial charge is 0.495 e. The summed E-state index contributed by atoms with van der Waals surface area (Å²) in [5, 5.41) is 27.8. The van der Waals surface area contributed by atoms with Gasteiger partial charge in [-0.15, -0.1) is 5.06 Å². The van der Waals surface area contributed by atoms with Gasteiger partial charge in [-0.1, -0.05) is 56.2 Å². The van der Waals surface area contributed by atoms with Gasteiger partial charge in [0.1, 0.15) is 52.8 Å². The molecule has 0 spiro atoms. The molecule has 92 heavy (non-hydrogen) atoms. The Morgan fingerprint density at radius 1 is 0.946 bits per heavy atom. The van der Waals surface area contributed by atoms with Gasteiger partial charge in [0.2, 0.25) is 23.6 Å². The van der Waals surface area contributed by atoms with Crippen LogP contribution in [0.4, 0.5) is 21.0 Å². The number of ether oxygens (including phenoxy) is 5. The highest BCUT2D eigenvalue weighted by Crippen LogP contribution is 2.49. The van der Waals surface area contributed by atoms with E-state index in [4.69, 9.17) is 45.9 Å². The van der Waals surface area contributed by atoms with E-state index < -0.39 is 143 Å². The molecule has 29 nitrogen and oxygen atoms in total. The molecule has 10 atom stereocenters. The molecule has 6 rings (SSSR count). The number of nitrogens with zero attached hydrogens (tertiary/aromatic N) is 3. The first-order chi connectivity index (χ1) is 43.4. The summed E-state index contributed by atoms with van der Waals surface area (Å²) in [6.07, 6.45) is -0.512. The molecule has 9 N–H and O–H groups in total. The fourth-order valence-corrected chi connectivity index (χ4v) is 11.2. The normalized spacial score (nSPS) is 24.2. The Hall–Kier alpha value is -8.67. The Morgan fingerprint density at radius 3 is 2.27 bits per heavy atom. The van der Waals surface area contributed by atoms with Crippen molar-refractivity contribution in [2.24, 2.45) is 17.6 Å². The van der Waals surface area contributed by atoms with Gasteiger partial charge in [0.15, 0.2) is 5.72 Å². The zero-order chi connectivity index (χ0) is 68.1. The first kappa shape index (κ1) is 72.4. The molecule has 3 saturated heterocycles. The number of likely N-dealkylation sites (N-methyl/N-ethyl adjacent to an activating group) is 1. The second kappa shape index (κ2) is 31.6. The van der Waals surface area contributed by atoms with Gasteiger partial charge in [-0.2, -0.15) is 0 Å². The molecule has 4 aliphatic rings. The number of methoxy groups -OCH3 is 2. The number of epoxide rings is 1. The third-order valence-electron chi connectivity index (χ3n) is 16.5. The highest BCUT2D eigenvalue weighted by atomic mass is 35.5. The van der Waals surface area contributed by atoms with Crippen LogP contribution in [0.1, 0.15) is 132 Å². The molecule has 4 bridgehead atoms. The first-order valence-corrected chi connectivity index (χ1v) is 30.5. The van der Waals surface area contributed by atoms with Crippen LogP contribution in [-0.2, 0) is 68.6 Å². The van der Waals surface area contributed by atoms with E-state index >= 15 is 0 Å². The third-order valence-corrected chi connectivity index (χ3v) is 16.9. The van der Waals surface area contributed by atoms with Gasteiger partial charge in [0.05, 0.1) is 36.6 Å². The average Bonchev–Trinajstić information content (AvgIpc) is 1.57. The average molecular weight is 1310 g/mol. The quantitative estimate of drug-likeness (QED) is 0.0342. The minimum absolute atomic E-state index is 0.00395. The number of hydrogen-bond donors (Lipinski definition) is 8. The minimum Gasteiger partial charge on any atom is -0.495 e. The molecule has 4 aliphatic heterocycles. The van der Waals surface area contributed by atoms with E-state index in [0.717, 1.165) is 10.5 Å². The van der Waals surface area contributed by atoms with Gasteiger partial charge in [0.25, 0.3) is 23.6 Å². The molecule has 0 radical (unpaired) electrons. The van der Waals surface area contributed by atoms with E-state index in [1.807, 2.05) is 6.92 Å². The standard InChI is InChI=1S/C62H83ClN10O19/c1-32(2)52(69-46(74)19-12-13-20-50(78)92-73-47(75)23-24-48(73)76)56(81)68-40(17-15-25-66-59(64)84)55(80)67-39-22-21-37(29-38(39)54(79)65-7)57(82)71(8)35(5)58(83)90-45-30-49(77)72(9)41-27-36(28-42(87-10)51(41)63)26-33(3)16-14-18-44(88-11)62(86)31-43(89-60(85)70-62)34(4)53-61(45,6)91-53/h14,16,18,21-22,27-29,32,34-35,40,43-45,52-53,86H,12-13,15,17,19-20,23-26,30-31H2,1-11H3,(H,65,79)(H,67,80)(H,68,81)(H,69,74)(H,70,85)(H3,64,66,84)/b18-14+,33-16+/t34-,35+,40+,43+,44-,45+,52+,53+,61+,62+/m1/s1. The lowest BCUT2D eigenvalue weighted by Gasteiger charge is -2.42. The SMILES string of the molecule is CNC(=O)c1cc(C(=O)N(C)[C@@H](C)C(=O)O[C@H]2CC(=O)N(C)c3cc(cc(OC)c3Cl)C/C(C)=C/C=C/[C@@H](OC)[C@@]3(O)C[C@H](OC(=O)N3)[C@@H](C)[C@@H]3O[C@@]23C)ccc1NC(=O)[C@H](CCCNC(N)=O)NC(=O)[C@@H](NC(=O)CCCCC(=O)ON1C(=O)CCC1=O)C(C)C. The number of esters is 1. The number of carbonyl (C=O) groups is 12.